The molecule has 0 heterocycles. The van der Waals surface area contributed by atoms with E-state index in [-0.39, 0.29) is 0 Å². The summed E-state index contributed by atoms with van der Waals surface area (Å²) in [7, 11) is 2.95. The number of nitrogens with zero attached hydrogens (tertiary/aromatic N) is 2. The Balaban J connectivity index is 2.16. The molecule has 2 aromatic carbocycles. The molecule has 0 saturated carbocycles. The zero-order chi connectivity index (χ0) is 18.1. The zero-order valence-corrected chi connectivity index (χ0v) is 14.5. The predicted octanol–water partition coefficient (Wildman–Crippen LogP) is 4.29. The van der Waals surface area contributed by atoms with Gasteiger partial charge in [-0.1, -0.05) is 24.3 Å². The molecule has 0 aromatic heterocycles. The lowest BCUT2D eigenvalue weighted by Gasteiger charge is -2.04. The fraction of sp³-hybridized carbons (Fsp3) is 0.150. The molecule has 0 bridgehead atoms. The Hall–Kier alpha value is -3.21. The second kappa shape index (κ2) is 9.17. The number of hydrogen-bond acceptors (Lipinski definition) is 5. The van der Waals surface area contributed by atoms with E-state index < -0.39 is 5.97 Å². The fourth-order valence-corrected chi connectivity index (χ4v) is 2.10. The highest BCUT2D eigenvalue weighted by atomic mass is 16.5. The first-order chi connectivity index (χ1) is 12.1. The van der Waals surface area contributed by atoms with Gasteiger partial charge in [0, 0.05) is 24.1 Å². The smallest absolute Gasteiger partial charge is 0.330 e. The van der Waals surface area contributed by atoms with E-state index >= 15 is 0 Å². The minimum atomic E-state index is -0.410. The Kier molecular flexibility index (Phi) is 6.65. The quantitative estimate of drug-likeness (QED) is 0.449. The molecule has 25 heavy (non-hydrogen) atoms. The van der Waals surface area contributed by atoms with Gasteiger partial charge in [0.1, 0.15) is 11.4 Å². The summed E-state index contributed by atoms with van der Waals surface area (Å²) < 4.78 is 9.88. The maximum absolute atomic E-state index is 11.2. The van der Waals surface area contributed by atoms with Crippen molar-refractivity contribution in [3.8, 4) is 5.75 Å². The highest BCUT2D eigenvalue weighted by Crippen LogP contribution is 2.27. The summed E-state index contributed by atoms with van der Waals surface area (Å²) in [4.78, 5) is 20.0. The monoisotopic (exact) mass is 336 g/mol. The van der Waals surface area contributed by atoms with Crippen LogP contribution in [0.1, 0.15) is 11.1 Å². The van der Waals surface area contributed by atoms with Gasteiger partial charge in [-0.2, -0.15) is 0 Å². The van der Waals surface area contributed by atoms with Crippen LogP contribution >= 0.6 is 0 Å². The highest BCUT2D eigenvalue weighted by Gasteiger charge is 2.00. The van der Waals surface area contributed by atoms with E-state index in [9.17, 15) is 4.79 Å². The number of benzene rings is 2. The summed E-state index contributed by atoms with van der Waals surface area (Å²) in [5.74, 6) is 0.295. The maximum atomic E-state index is 11.2. The van der Waals surface area contributed by atoms with Crippen LogP contribution in [-0.4, -0.2) is 32.6 Å². The second-order valence-electron chi connectivity index (χ2n) is 5.15. The van der Waals surface area contributed by atoms with Gasteiger partial charge in [-0.25, -0.2) is 4.79 Å². The van der Waals surface area contributed by atoms with E-state index in [2.05, 4.69) is 14.7 Å². The number of para-hydroxylation sites is 1. The number of aryl methyl sites for hydroxylation is 1. The fourth-order valence-electron chi connectivity index (χ4n) is 2.10. The van der Waals surface area contributed by atoms with E-state index in [1.54, 1.807) is 25.6 Å². The molecule has 0 radical (unpaired) electrons. The van der Waals surface area contributed by atoms with Crippen LogP contribution in [0.25, 0.3) is 6.08 Å². The topological polar surface area (TPSA) is 60.2 Å². The van der Waals surface area contributed by atoms with Crippen LogP contribution in [0.4, 0.5) is 11.4 Å². The Morgan fingerprint density at radius 3 is 2.44 bits per heavy atom. The van der Waals surface area contributed by atoms with E-state index in [0.717, 1.165) is 22.5 Å². The molecule has 0 aliphatic rings. The summed E-state index contributed by atoms with van der Waals surface area (Å²) in [6.45, 7) is 2.00. The summed E-state index contributed by atoms with van der Waals surface area (Å²) >= 11 is 0. The molecule has 0 amide bonds. The SMILES string of the molecule is COC(=O)/C=C/c1ccccc1N=CC=Nc1cc(C)ccc1OC. The lowest BCUT2D eigenvalue weighted by molar-refractivity contribution is -0.134. The van der Waals surface area contributed by atoms with Crippen molar-refractivity contribution < 1.29 is 14.3 Å². The number of aliphatic imine (C=N–C) groups is 2. The van der Waals surface area contributed by atoms with Gasteiger partial charge < -0.3 is 9.47 Å². The number of methoxy groups -OCH3 is 2. The van der Waals surface area contributed by atoms with Crippen LogP contribution in [0.15, 0.2) is 58.5 Å². The summed E-state index contributed by atoms with van der Waals surface area (Å²) in [6.07, 6.45) is 6.24. The van der Waals surface area contributed by atoms with Gasteiger partial charge >= 0.3 is 5.97 Å². The van der Waals surface area contributed by atoms with Gasteiger partial charge in [0.05, 0.1) is 19.9 Å². The van der Waals surface area contributed by atoms with Gasteiger partial charge in [0.25, 0.3) is 0 Å². The minimum absolute atomic E-state index is 0.410. The van der Waals surface area contributed by atoms with Crippen LogP contribution < -0.4 is 4.74 Å². The molecule has 5 heteroatoms. The Labute approximate surface area is 147 Å². The first-order valence-corrected chi connectivity index (χ1v) is 7.70. The van der Waals surface area contributed by atoms with Crippen molar-refractivity contribution in [2.45, 2.75) is 6.92 Å². The van der Waals surface area contributed by atoms with Crippen molar-refractivity contribution in [1.29, 1.82) is 0 Å². The van der Waals surface area contributed by atoms with Gasteiger partial charge in [-0.3, -0.25) is 9.98 Å². The van der Waals surface area contributed by atoms with Crippen molar-refractivity contribution in [3.63, 3.8) is 0 Å². The molecule has 0 unspecified atom stereocenters. The van der Waals surface area contributed by atoms with Gasteiger partial charge in [0.15, 0.2) is 0 Å². The van der Waals surface area contributed by atoms with Gasteiger partial charge in [-0.15, -0.1) is 0 Å². The van der Waals surface area contributed by atoms with Crippen LogP contribution in [0.5, 0.6) is 5.75 Å². The molecule has 2 aromatic rings. The average Bonchev–Trinajstić information content (AvgIpc) is 2.64. The van der Waals surface area contributed by atoms with Gasteiger partial charge in [-0.05, 0) is 36.8 Å². The van der Waals surface area contributed by atoms with E-state index in [1.165, 1.54) is 13.2 Å². The summed E-state index contributed by atoms with van der Waals surface area (Å²) in [5, 5.41) is 0. The standard InChI is InChI=1S/C20H20N2O3/c1-15-8-10-19(24-2)18(14-15)22-13-12-21-17-7-5-4-6-16(17)9-11-20(23)25-3/h4-14H,1-3H3/b11-9+,21-12?,22-13?. The molecule has 2 rings (SSSR count). The maximum Gasteiger partial charge on any atom is 0.330 e. The molecule has 5 nitrogen and oxygen atoms in total. The van der Waals surface area contributed by atoms with E-state index in [0.29, 0.717) is 5.75 Å². The molecule has 0 saturated heterocycles. The number of hydrogen-bond donors (Lipinski definition) is 0. The largest absolute Gasteiger partial charge is 0.494 e. The lowest BCUT2D eigenvalue weighted by atomic mass is 10.1. The molecule has 0 N–H and O–H groups in total. The van der Waals surface area contributed by atoms with Crippen molar-refractivity contribution >= 4 is 35.8 Å². The molecule has 0 aliphatic heterocycles. The molecule has 0 aliphatic carbocycles. The first kappa shape index (κ1) is 18.1. The summed E-state index contributed by atoms with van der Waals surface area (Å²) in [5.41, 5.74) is 3.38. The second-order valence-corrected chi connectivity index (χ2v) is 5.15. The average molecular weight is 336 g/mol. The predicted molar refractivity (Wildman–Crippen MR) is 102 cm³/mol. The third-order valence-electron chi connectivity index (χ3n) is 3.37. The molecular weight excluding hydrogens is 316 g/mol. The van der Waals surface area contributed by atoms with Crippen LogP contribution in [0.2, 0.25) is 0 Å². The lowest BCUT2D eigenvalue weighted by Crippen LogP contribution is -1.93. The number of esters is 1. The van der Waals surface area contributed by atoms with E-state index in [4.69, 9.17) is 4.74 Å². The van der Waals surface area contributed by atoms with E-state index in [1.807, 2.05) is 49.4 Å². The normalized spacial score (nSPS) is 11.5. The molecule has 0 atom stereocenters. The highest BCUT2D eigenvalue weighted by molar-refractivity contribution is 6.17. The van der Waals surface area contributed by atoms with Crippen molar-refractivity contribution in [1.82, 2.24) is 0 Å². The first-order valence-electron chi connectivity index (χ1n) is 7.70. The van der Waals surface area contributed by atoms with Crippen molar-refractivity contribution in [3.05, 3.63) is 59.7 Å². The Morgan fingerprint density at radius 1 is 1.00 bits per heavy atom. The molecule has 0 spiro atoms. The molecule has 128 valence electrons. The summed E-state index contributed by atoms with van der Waals surface area (Å²) in [6, 6.07) is 13.3. The number of carbonyl (C=O) groups excluding carboxylic acids is 1. The third kappa shape index (κ3) is 5.42. The molecule has 0 fully saturated rings. The Morgan fingerprint density at radius 2 is 1.72 bits per heavy atom. The number of carbonyl (C=O) groups is 1. The van der Waals surface area contributed by atoms with Gasteiger partial charge in [0.2, 0.25) is 0 Å². The van der Waals surface area contributed by atoms with Crippen LogP contribution in [0.3, 0.4) is 0 Å². The van der Waals surface area contributed by atoms with Crippen LogP contribution in [-0.2, 0) is 9.53 Å². The third-order valence-corrected chi connectivity index (χ3v) is 3.37. The van der Waals surface area contributed by atoms with Crippen LogP contribution in [0, 0.1) is 6.92 Å². The van der Waals surface area contributed by atoms with Crippen molar-refractivity contribution in [2.75, 3.05) is 14.2 Å². The zero-order valence-electron chi connectivity index (χ0n) is 14.5. The van der Waals surface area contributed by atoms with Crippen molar-refractivity contribution in [2.24, 2.45) is 9.98 Å². The minimum Gasteiger partial charge on any atom is -0.494 e. The number of rotatable bonds is 6. The molecular formula is C20H20N2O3. The number of ether oxygens (including phenoxy) is 2. The Bertz CT molecular complexity index is 823.